The second-order valence-electron chi connectivity index (χ2n) is 3.17. The highest BCUT2D eigenvalue weighted by Crippen LogP contribution is 2.30. The number of rotatable bonds is 4. The zero-order chi connectivity index (χ0) is 13.8. The summed E-state index contributed by atoms with van der Waals surface area (Å²) < 4.78 is 45.2. The fourth-order valence-electron chi connectivity index (χ4n) is 1.30. The number of nitrogens with two attached hydrogens (primary N) is 1. The lowest BCUT2D eigenvalue weighted by molar-refractivity contribution is -0.275. The molecule has 0 saturated heterocycles. The lowest BCUT2D eigenvalue weighted by Gasteiger charge is -2.14. The van der Waals surface area contributed by atoms with Crippen LogP contribution in [-0.2, 0) is 13.0 Å². The number of aromatic nitrogens is 1. The third kappa shape index (κ3) is 3.49. The zero-order valence-corrected chi connectivity index (χ0v) is 9.41. The molecule has 5 nitrogen and oxygen atoms in total. The first-order valence-electron chi connectivity index (χ1n) is 4.80. The predicted octanol–water partition coefficient (Wildman–Crippen LogP) is 1.51. The molecule has 2 N–H and O–H groups in total. The molecule has 98 valence electrons. The highest BCUT2D eigenvalue weighted by atomic mass is 19.4. The van der Waals surface area contributed by atoms with Crippen LogP contribution in [-0.4, -0.2) is 18.5 Å². The number of ether oxygens (including phenoxy) is 2. The van der Waals surface area contributed by atoms with Gasteiger partial charge in [-0.2, -0.15) is 5.26 Å². The van der Waals surface area contributed by atoms with Crippen molar-refractivity contribution in [1.82, 2.24) is 4.98 Å². The van der Waals surface area contributed by atoms with Gasteiger partial charge in [-0.05, 0) is 0 Å². The van der Waals surface area contributed by atoms with Crippen LogP contribution in [0.5, 0.6) is 11.5 Å². The maximum absolute atomic E-state index is 12.2. The second kappa shape index (κ2) is 5.55. The van der Waals surface area contributed by atoms with Crippen molar-refractivity contribution in [2.45, 2.75) is 19.3 Å². The van der Waals surface area contributed by atoms with E-state index in [9.17, 15) is 13.2 Å². The molecule has 1 aromatic heterocycles. The first-order valence-corrected chi connectivity index (χ1v) is 4.80. The predicted molar refractivity (Wildman–Crippen MR) is 54.7 cm³/mol. The van der Waals surface area contributed by atoms with Gasteiger partial charge in [-0.3, -0.25) is 0 Å². The summed E-state index contributed by atoms with van der Waals surface area (Å²) in [6, 6.07) is 2.73. The summed E-state index contributed by atoms with van der Waals surface area (Å²) >= 11 is 0. The van der Waals surface area contributed by atoms with Gasteiger partial charge in [0.1, 0.15) is 5.75 Å². The summed E-state index contributed by atoms with van der Waals surface area (Å²) in [5, 5.41) is 8.54. The van der Waals surface area contributed by atoms with Crippen molar-refractivity contribution in [2.24, 2.45) is 5.73 Å². The maximum atomic E-state index is 12.2. The van der Waals surface area contributed by atoms with E-state index in [4.69, 9.17) is 15.7 Å². The molecule has 0 amide bonds. The van der Waals surface area contributed by atoms with Crippen LogP contribution < -0.4 is 15.2 Å². The fourth-order valence-corrected chi connectivity index (χ4v) is 1.30. The van der Waals surface area contributed by atoms with E-state index in [2.05, 4.69) is 9.72 Å². The van der Waals surface area contributed by atoms with Gasteiger partial charge >= 0.3 is 6.36 Å². The zero-order valence-electron chi connectivity index (χ0n) is 9.41. The SMILES string of the molecule is COc1cc(OC(F)(F)F)c(CC#N)nc1CN. The summed E-state index contributed by atoms with van der Waals surface area (Å²) in [6.45, 7) is -0.0199. The summed E-state index contributed by atoms with van der Waals surface area (Å²) in [6.07, 6.45) is -5.18. The number of hydrogen-bond donors (Lipinski definition) is 1. The Morgan fingerprint density at radius 1 is 1.39 bits per heavy atom. The molecule has 0 fully saturated rings. The van der Waals surface area contributed by atoms with E-state index in [0.717, 1.165) is 6.07 Å². The average Bonchev–Trinajstić information content (AvgIpc) is 2.29. The minimum atomic E-state index is -4.86. The molecule has 0 bridgehead atoms. The Hall–Kier alpha value is -2.01. The number of hydrogen-bond acceptors (Lipinski definition) is 5. The molecule has 0 unspecified atom stereocenters. The highest BCUT2D eigenvalue weighted by molar-refractivity contribution is 5.41. The molecule has 0 saturated carbocycles. The minimum Gasteiger partial charge on any atom is -0.495 e. The normalized spacial score (nSPS) is 10.9. The van der Waals surface area contributed by atoms with Crippen LogP contribution in [0.1, 0.15) is 11.4 Å². The molecule has 18 heavy (non-hydrogen) atoms. The van der Waals surface area contributed by atoms with Crippen molar-refractivity contribution < 1.29 is 22.6 Å². The van der Waals surface area contributed by atoms with Crippen LogP contribution >= 0.6 is 0 Å². The minimum absolute atomic E-state index is 0.0199. The molecule has 0 aromatic carbocycles. The van der Waals surface area contributed by atoms with Crippen LogP contribution in [0.4, 0.5) is 13.2 Å². The maximum Gasteiger partial charge on any atom is 0.573 e. The van der Waals surface area contributed by atoms with Crippen molar-refractivity contribution in [1.29, 1.82) is 5.26 Å². The van der Waals surface area contributed by atoms with Gasteiger partial charge in [0.15, 0.2) is 5.75 Å². The number of alkyl halides is 3. The second-order valence-corrected chi connectivity index (χ2v) is 3.17. The van der Waals surface area contributed by atoms with E-state index in [1.54, 1.807) is 6.07 Å². The molecule has 0 aliphatic carbocycles. The number of nitrogens with zero attached hydrogens (tertiary/aromatic N) is 2. The average molecular weight is 261 g/mol. The van der Waals surface area contributed by atoms with E-state index in [0.29, 0.717) is 0 Å². The molecule has 0 aliphatic heterocycles. The van der Waals surface area contributed by atoms with Crippen LogP contribution in [0.15, 0.2) is 6.07 Å². The lowest BCUT2D eigenvalue weighted by atomic mass is 10.2. The van der Waals surface area contributed by atoms with E-state index in [1.807, 2.05) is 0 Å². The Bertz CT molecular complexity index is 469. The Balaban J connectivity index is 3.25. The number of methoxy groups -OCH3 is 1. The van der Waals surface area contributed by atoms with E-state index < -0.39 is 12.1 Å². The van der Waals surface area contributed by atoms with Gasteiger partial charge in [0.05, 0.1) is 31.0 Å². The van der Waals surface area contributed by atoms with Crippen LogP contribution in [0, 0.1) is 11.3 Å². The number of nitriles is 1. The number of halogens is 3. The number of pyridine rings is 1. The fraction of sp³-hybridized carbons (Fsp3) is 0.400. The van der Waals surface area contributed by atoms with Gasteiger partial charge in [0, 0.05) is 12.6 Å². The van der Waals surface area contributed by atoms with Crippen LogP contribution in [0.2, 0.25) is 0 Å². The first-order chi connectivity index (χ1) is 8.41. The van der Waals surface area contributed by atoms with Crippen molar-refractivity contribution in [3.63, 3.8) is 0 Å². The molecule has 0 aliphatic rings. The third-order valence-corrected chi connectivity index (χ3v) is 1.99. The highest BCUT2D eigenvalue weighted by Gasteiger charge is 2.33. The molecular weight excluding hydrogens is 251 g/mol. The molecule has 1 rings (SSSR count). The quantitative estimate of drug-likeness (QED) is 0.888. The summed E-state index contributed by atoms with van der Waals surface area (Å²) in [4.78, 5) is 3.84. The van der Waals surface area contributed by atoms with Crippen molar-refractivity contribution in [2.75, 3.05) is 7.11 Å². The van der Waals surface area contributed by atoms with Gasteiger partial charge < -0.3 is 15.2 Å². The van der Waals surface area contributed by atoms with Crippen LogP contribution in [0.3, 0.4) is 0 Å². The van der Waals surface area contributed by atoms with E-state index >= 15 is 0 Å². The molecular formula is C10H10F3N3O2. The largest absolute Gasteiger partial charge is 0.573 e. The molecule has 0 radical (unpaired) electrons. The topological polar surface area (TPSA) is 81.2 Å². The first kappa shape index (κ1) is 14.1. The van der Waals surface area contributed by atoms with E-state index in [1.165, 1.54) is 7.11 Å². The van der Waals surface area contributed by atoms with Crippen molar-refractivity contribution in [3.8, 4) is 17.6 Å². The van der Waals surface area contributed by atoms with Crippen LogP contribution in [0.25, 0.3) is 0 Å². The monoisotopic (exact) mass is 261 g/mol. The van der Waals surface area contributed by atoms with Crippen molar-refractivity contribution in [3.05, 3.63) is 17.5 Å². The Labute approximate surface area is 101 Å². The smallest absolute Gasteiger partial charge is 0.495 e. The van der Waals surface area contributed by atoms with Gasteiger partial charge in [0.2, 0.25) is 0 Å². The van der Waals surface area contributed by atoms with Crippen molar-refractivity contribution >= 4 is 0 Å². The Kier molecular flexibility index (Phi) is 4.33. The van der Waals surface area contributed by atoms with Gasteiger partial charge in [-0.15, -0.1) is 13.2 Å². The van der Waals surface area contributed by atoms with Gasteiger partial charge in [0.25, 0.3) is 0 Å². The molecule has 8 heteroatoms. The standard InChI is InChI=1S/C10H10F3N3O2/c1-17-8-4-9(18-10(11,12)13)6(2-3-14)16-7(8)5-15/h4H,2,5,15H2,1H3. The molecule has 1 heterocycles. The van der Waals surface area contributed by atoms with Gasteiger partial charge in [-0.1, -0.05) is 0 Å². The molecule has 1 aromatic rings. The third-order valence-electron chi connectivity index (χ3n) is 1.99. The summed E-state index contributed by atoms with van der Waals surface area (Å²) in [5.41, 5.74) is 5.51. The molecule has 0 spiro atoms. The summed E-state index contributed by atoms with van der Waals surface area (Å²) in [5.74, 6) is -0.475. The Morgan fingerprint density at radius 2 is 2.06 bits per heavy atom. The molecule has 0 atom stereocenters. The van der Waals surface area contributed by atoms with E-state index in [-0.39, 0.29) is 30.1 Å². The van der Waals surface area contributed by atoms with Gasteiger partial charge in [-0.25, -0.2) is 4.98 Å². The Morgan fingerprint density at radius 3 is 2.50 bits per heavy atom. The summed E-state index contributed by atoms with van der Waals surface area (Å²) in [7, 11) is 1.28. The lowest BCUT2D eigenvalue weighted by Crippen LogP contribution is -2.19.